The van der Waals surface area contributed by atoms with Crippen molar-refractivity contribution in [3.8, 4) is 17.1 Å². The Balaban J connectivity index is 1.66. The molecule has 0 saturated heterocycles. The van der Waals surface area contributed by atoms with Crippen molar-refractivity contribution in [1.82, 2.24) is 10.1 Å². The molecule has 0 aliphatic carbocycles. The highest BCUT2D eigenvalue weighted by Crippen LogP contribution is 2.25. The number of phenolic OH excluding ortho intramolecular Hbond substituents is 1. The van der Waals surface area contributed by atoms with Gasteiger partial charge in [0.05, 0.1) is 5.75 Å². The van der Waals surface area contributed by atoms with Crippen LogP contribution in [0.15, 0.2) is 50.5 Å². The van der Waals surface area contributed by atoms with Gasteiger partial charge in [-0.15, -0.1) is 11.8 Å². The zero-order valence-electron chi connectivity index (χ0n) is 9.81. The first-order valence-corrected chi connectivity index (χ1v) is 7.51. The molecule has 19 heavy (non-hydrogen) atoms. The lowest BCUT2D eigenvalue weighted by atomic mass is 10.3. The topological polar surface area (TPSA) is 59.2 Å². The fraction of sp³-hybridized carbons (Fsp3) is 0.0769. The van der Waals surface area contributed by atoms with Gasteiger partial charge in [-0.3, -0.25) is 0 Å². The van der Waals surface area contributed by atoms with Crippen molar-refractivity contribution in [2.24, 2.45) is 0 Å². The molecule has 1 N–H and O–H groups in total. The summed E-state index contributed by atoms with van der Waals surface area (Å²) in [5, 5.41) is 17.1. The predicted molar refractivity (Wildman–Crippen MR) is 75.3 cm³/mol. The average molecular weight is 290 g/mol. The van der Waals surface area contributed by atoms with E-state index in [2.05, 4.69) is 10.1 Å². The molecule has 2 heterocycles. The molecule has 0 radical (unpaired) electrons. The summed E-state index contributed by atoms with van der Waals surface area (Å²) in [5.74, 6) is 2.10. The van der Waals surface area contributed by atoms with Crippen LogP contribution in [0, 0.1) is 0 Å². The maximum atomic E-state index is 9.20. The monoisotopic (exact) mass is 290 g/mol. The van der Waals surface area contributed by atoms with E-state index in [-0.39, 0.29) is 5.75 Å². The first-order chi connectivity index (χ1) is 9.31. The zero-order valence-corrected chi connectivity index (χ0v) is 11.4. The van der Waals surface area contributed by atoms with Gasteiger partial charge in [0.2, 0.25) is 11.7 Å². The van der Waals surface area contributed by atoms with Crippen molar-refractivity contribution in [2.45, 2.75) is 10.6 Å². The van der Waals surface area contributed by atoms with E-state index in [0.29, 0.717) is 17.5 Å². The average Bonchev–Trinajstić information content (AvgIpc) is 3.09. The van der Waals surface area contributed by atoms with Gasteiger partial charge in [-0.25, -0.2) is 0 Å². The van der Waals surface area contributed by atoms with E-state index in [1.807, 2.05) is 29.0 Å². The van der Waals surface area contributed by atoms with E-state index in [1.54, 1.807) is 35.2 Å². The number of nitrogens with zero attached hydrogens (tertiary/aromatic N) is 2. The van der Waals surface area contributed by atoms with Crippen LogP contribution in [0.1, 0.15) is 5.89 Å². The van der Waals surface area contributed by atoms with Crippen LogP contribution in [0.5, 0.6) is 5.75 Å². The molecular formula is C13H10N2O2S2. The minimum atomic E-state index is 0.266. The molecule has 0 bridgehead atoms. The molecule has 0 amide bonds. The van der Waals surface area contributed by atoms with Gasteiger partial charge in [0, 0.05) is 15.8 Å². The normalized spacial score (nSPS) is 10.7. The molecule has 0 saturated carbocycles. The summed E-state index contributed by atoms with van der Waals surface area (Å²) in [7, 11) is 0. The number of rotatable bonds is 4. The van der Waals surface area contributed by atoms with Crippen LogP contribution in [-0.4, -0.2) is 15.2 Å². The molecule has 0 spiro atoms. The van der Waals surface area contributed by atoms with Crippen molar-refractivity contribution in [3.05, 3.63) is 47.0 Å². The smallest absolute Gasteiger partial charge is 0.237 e. The van der Waals surface area contributed by atoms with E-state index in [0.717, 1.165) is 10.5 Å². The fourth-order valence-electron chi connectivity index (χ4n) is 1.51. The highest BCUT2D eigenvalue weighted by atomic mass is 32.2. The minimum Gasteiger partial charge on any atom is -0.508 e. The Morgan fingerprint density at radius 1 is 1.21 bits per heavy atom. The third-order valence-corrected chi connectivity index (χ3v) is 4.13. The highest BCUT2D eigenvalue weighted by Gasteiger charge is 2.09. The van der Waals surface area contributed by atoms with Gasteiger partial charge in [-0.05, 0) is 35.7 Å². The highest BCUT2D eigenvalue weighted by molar-refractivity contribution is 7.98. The molecule has 0 aliphatic heterocycles. The second-order valence-corrected chi connectivity index (χ2v) is 5.64. The molecule has 4 nitrogen and oxygen atoms in total. The molecule has 2 aromatic heterocycles. The number of aromatic nitrogens is 2. The molecule has 0 atom stereocenters. The van der Waals surface area contributed by atoms with Crippen LogP contribution in [-0.2, 0) is 5.75 Å². The summed E-state index contributed by atoms with van der Waals surface area (Å²) in [5.41, 5.74) is 0.981. The summed E-state index contributed by atoms with van der Waals surface area (Å²) in [6.07, 6.45) is 0. The molecular weight excluding hydrogens is 280 g/mol. The molecule has 6 heteroatoms. The Labute approximate surface area is 118 Å². The van der Waals surface area contributed by atoms with Crippen LogP contribution >= 0.6 is 23.1 Å². The summed E-state index contributed by atoms with van der Waals surface area (Å²) < 4.78 is 5.21. The lowest BCUT2D eigenvalue weighted by Gasteiger charge is -1.97. The maximum absolute atomic E-state index is 9.20. The number of hydrogen-bond donors (Lipinski definition) is 1. The fourth-order valence-corrected chi connectivity index (χ4v) is 2.88. The third-order valence-electron chi connectivity index (χ3n) is 2.45. The quantitative estimate of drug-likeness (QED) is 0.741. The van der Waals surface area contributed by atoms with Crippen molar-refractivity contribution >= 4 is 23.1 Å². The summed E-state index contributed by atoms with van der Waals surface area (Å²) in [6.45, 7) is 0. The number of aromatic hydroxyl groups is 1. The van der Waals surface area contributed by atoms with Gasteiger partial charge >= 0.3 is 0 Å². The summed E-state index contributed by atoms with van der Waals surface area (Å²) in [6, 6.07) is 9.00. The van der Waals surface area contributed by atoms with Crippen molar-refractivity contribution in [2.75, 3.05) is 0 Å². The summed E-state index contributed by atoms with van der Waals surface area (Å²) in [4.78, 5) is 5.39. The van der Waals surface area contributed by atoms with Gasteiger partial charge < -0.3 is 9.63 Å². The van der Waals surface area contributed by atoms with E-state index in [1.165, 1.54) is 0 Å². The van der Waals surface area contributed by atoms with Gasteiger partial charge in [0.15, 0.2) is 0 Å². The Kier molecular flexibility index (Phi) is 3.52. The Bertz CT molecular complexity index is 648. The Hall–Kier alpha value is -1.79. The number of phenols is 1. The standard InChI is InChI=1S/C13H10N2O2S2/c16-10-1-3-11(4-2-10)19-8-12-14-13(15-17-12)9-5-6-18-7-9/h1-7,16H,8H2. The van der Waals surface area contributed by atoms with E-state index < -0.39 is 0 Å². The molecule has 0 aliphatic rings. The zero-order chi connectivity index (χ0) is 13.1. The first-order valence-electron chi connectivity index (χ1n) is 5.58. The number of hydrogen-bond acceptors (Lipinski definition) is 6. The molecule has 96 valence electrons. The van der Waals surface area contributed by atoms with E-state index in [4.69, 9.17) is 4.52 Å². The lowest BCUT2D eigenvalue weighted by Crippen LogP contribution is -1.81. The second-order valence-electron chi connectivity index (χ2n) is 3.81. The Morgan fingerprint density at radius 3 is 2.79 bits per heavy atom. The van der Waals surface area contributed by atoms with Crippen LogP contribution in [0.4, 0.5) is 0 Å². The van der Waals surface area contributed by atoms with Gasteiger partial charge in [0.25, 0.3) is 0 Å². The van der Waals surface area contributed by atoms with Gasteiger partial charge in [-0.2, -0.15) is 16.3 Å². The van der Waals surface area contributed by atoms with Gasteiger partial charge in [0.1, 0.15) is 5.75 Å². The molecule has 3 rings (SSSR count). The number of benzene rings is 1. The second kappa shape index (κ2) is 5.46. The van der Waals surface area contributed by atoms with Crippen LogP contribution in [0.2, 0.25) is 0 Å². The van der Waals surface area contributed by atoms with Crippen molar-refractivity contribution < 1.29 is 9.63 Å². The molecule has 3 aromatic rings. The van der Waals surface area contributed by atoms with Crippen LogP contribution in [0.3, 0.4) is 0 Å². The third kappa shape index (κ3) is 2.97. The number of thioether (sulfide) groups is 1. The minimum absolute atomic E-state index is 0.266. The first kappa shape index (κ1) is 12.3. The number of thiophene rings is 1. The van der Waals surface area contributed by atoms with Crippen LogP contribution < -0.4 is 0 Å². The molecule has 0 unspecified atom stereocenters. The lowest BCUT2D eigenvalue weighted by molar-refractivity contribution is 0.391. The summed E-state index contributed by atoms with van der Waals surface area (Å²) >= 11 is 3.19. The van der Waals surface area contributed by atoms with Crippen LogP contribution in [0.25, 0.3) is 11.4 Å². The van der Waals surface area contributed by atoms with E-state index in [9.17, 15) is 5.11 Å². The molecule has 1 aromatic carbocycles. The Morgan fingerprint density at radius 2 is 2.05 bits per heavy atom. The van der Waals surface area contributed by atoms with Crippen molar-refractivity contribution in [3.63, 3.8) is 0 Å². The SMILES string of the molecule is Oc1ccc(SCc2nc(-c3ccsc3)no2)cc1. The van der Waals surface area contributed by atoms with Gasteiger partial charge in [-0.1, -0.05) is 5.16 Å². The predicted octanol–water partition coefficient (Wildman–Crippen LogP) is 3.80. The maximum Gasteiger partial charge on any atom is 0.237 e. The molecule has 0 fully saturated rings. The largest absolute Gasteiger partial charge is 0.508 e. The van der Waals surface area contributed by atoms with Crippen molar-refractivity contribution in [1.29, 1.82) is 0 Å². The van der Waals surface area contributed by atoms with E-state index >= 15 is 0 Å².